The van der Waals surface area contributed by atoms with E-state index in [4.69, 9.17) is 0 Å². The molecule has 0 saturated heterocycles. The smallest absolute Gasteiger partial charge is 0.177 e. The van der Waals surface area contributed by atoms with Crippen molar-refractivity contribution in [3.05, 3.63) is 30.5 Å². The fraction of sp³-hybridized carbons (Fsp3) is 0.357. The fourth-order valence-corrected chi connectivity index (χ4v) is 3.49. The molecule has 0 radical (unpaired) electrons. The van der Waals surface area contributed by atoms with Gasteiger partial charge >= 0.3 is 0 Å². The molecule has 3 rings (SSSR count). The summed E-state index contributed by atoms with van der Waals surface area (Å²) in [4.78, 5) is 4.80. The number of benzene rings is 1. The highest BCUT2D eigenvalue weighted by atomic mass is 32.2. The number of nitrogens with zero attached hydrogens (tertiary/aromatic N) is 2. The lowest BCUT2D eigenvalue weighted by Gasteiger charge is -2.15. The molecule has 0 aliphatic carbocycles. The molecule has 0 fully saturated rings. The minimum absolute atomic E-state index is 0.00194. The van der Waals surface area contributed by atoms with Gasteiger partial charge in [0, 0.05) is 24.4 Å². The summed E-state index contributed by atoms with van der Waals surface area (Å²) in [5.41, 5.74) is 0.914. The van der Waals surface area contributed by atoms with Gasteiger partial charge in [-0.2, -0.15) is 0 Å². The van der Waals surface area contributed by atoms with Crippen LogP contribution in [0.4, 0.5) is 0 Å². The second kappa shape index (κ2) is 4.63. The van der Waals surface area contributed by atoms with Crippen molar-refractivity contribution < 1.29 is 8.42 Å². The van der Waals surface area contributed by atoms with E-state index >= 15 is 0 Å². The normalized spacial score (nSPS) is 17.0. The van der Waals surface area contributed by atoms with Gasteiger partial charge in [0.05, 0.1) is 23.0 Å². The van der Waals surface area contributed by atoms with Gasteiger partial charge in [-0.05, 0) is 13.0 Å². The Balaban J connectivity index is 2.21. The second-order valence-electron chi connectivity index (χ2n) is 5.06. The van der Waals surface area contributed by atoms with Crippen LogP contribution in [0.5, 0.6) is 0 Å². The maximum atomic E-state index is 11.9. The van der Waals surface area contributed by atoms with Crippen LogP contribution in [-0.2, 0) is 9.84 Å². The molecule has 20 heavy (non-hydrogen) atoms. The molecule has 6 heteroatoms. The van der Waals surface area contributed by atoms with Gasteiger partial charge in [0.1, 0.15) is 5.84 Å². The lowest BCUT2D eigenvalue weighted by atomic mass is 10.2. The van der Waals surface area contributed by atoms with E-state index in [1.54, 1.807) is 6.20 Å². The molecule has 2 heterocycles. The van der Waals surface area contributed by atoms with Crippen molar-refractivity contribution in [2.75, 3.05) is 19.3 Å². The Morgan fingerprint density at radius 1 is 1.35 bits per heavy atom. The highest BCUT2D eigenvalue weighted by Crippen LogP contribution is 2.28. The summed E-state index contributed by atoms with van der Waals surface area (Å²) in [6, 6.07) is 7.56. The van der Waals surface area contributed by atoms with Crippen molar-refractivity contribution in [1.82, 2.24) is 9.88 Å². The molecule has 0 spiro atoms. The number of hydrogen-bond acceptors (Lipinski definition) is 4. The van der Waals surface area contributed by atoms with E-state index in [9.17, 15) is 8.42 Å². The van der Waals surface area contributed by atoms with Crippen LogP contribution in [0, 0.1) is 0 Å². The van der Waals surface area contributed by atoms with Gasteiger partial charge < -0.3 is 9.88 Å². The van der Waals surface area contributed by atoms with E-state index in [1.165, 1.54) is 6.26 Å². The van der Waals surface area contributed by atoms with Crippen LogP contribution in [0.25, 0.3) is 10.9 Å². The van der Waals surface area contributed by atoms with Crippen molar-refractivity contribution in [2.24, 2.45) is 4.99 Å². The van der Waals surface area contributed by atoms with E-state index in [-0.39, 0.29) is 6.04 Å². The van der Waals surface area contributed by atoms with Crippen molar-refractivity contribution in [3.8, 4) is 0 Å². The molecule has 1 aromatic heterocycles. The average molecular weight is 291 g/mol. The van der Waals surface area contributed by atoms with Gasteiger partial charge in [-0.3, -0.25) is 4.99 Å². The first-order chi connectivity index (χ1) is 9.48. The predicted octanol–water partition coefficient (Wildman–Crippen LogP) is 1.61. The van der Waals surface area contributed by atoms with Crippen molar-refractivity contribution in [3.63, 3.8) is 0 Å². The SMILES string of the molecule is CC(C1=NCCN1)n1cc(S(C)(=O)=O)c2ccccc21. The third-order valence-electron chi connectivity index (χ3n) is 3.62. The molecule has 106 valence electrons. The molecule has 2 aromatic rings. The van der Waals surface area contributed by atoms with Gasteiger partial charge in [0.15, 0.2) is 9.84 Å². The summed E-state index contributed by atoms with van der Waals surface area (Å²) in [6.07, 6.45) is 2.96. The Bertz CT molecular complexity index is 790. The zero-order valence-corrected chi connectivity index (χ0v) is 12.3. The van der Waals surface area contributed by atoms with Crippen LogP contribution < -0.4 is 5.32 Å². The van der Waals surface area contributed by atoms with Crippen LogP contribution in [0.1, 0.15) is 13.0 Å². The summed E-state index contributed by atoms with van der Waals surface area (Å²) in [5, 5.41) is 4.01. The van der Waals surface area contributed by atoms with E-state index in [0.29, 0.717) is 4.90 Å². The maximum Gasteiger partial charge on any atom is 0.177 e. The fourth-order valence-electron chi connectivity index (χ4n) is 2.62. The van der Waals surface area contributed by atoms with Crippen LogP contribution in [0.3, 0.4) is 0 Å². The Kier molecular flexibility index (Phi) is 3.05. The van der Waals surface area contributed by atoms with Crippen LogP contribution in [0.2, 0.25) is 0 Å². The third-order valence-corrected chi connectivity index (χ3v) is 4.74. The second-order valence-corrected chi connectivity index (χ2v) is 7.04. The summed E-state index contributed by atoms with van der Waals surface area (Å²) in [7, 11) is -3.25. The number of rotatable bonds is 3. The highest BCUT2D eigenvalue weighted by molar-refractivity contribution is 7.91. The first-order valence-electron chi connectivity index (χ1n) is 6.56. The molecule has 0 amide bonds. The van der Waals surface area contributed by atoms with Crippen molar-refractivity contribution in [2.45, 2.75) is 17.9 Å². The Morgan fingerprint density at radius 2 is 2.10 bits per heavy atom. The number of hydrogen-bond donors (Lipinski definition) is 1. The number of fused-ring (bicyclic) bond motifs is 1. The van der Waals surface area contributed by atoms with Crippen LogP contribution in [0.15, 0.2) is 40.4 Å². The van der Waals surface area contributed by atoms with Crippen LogP contribution in [-0.4, -0.2) is 38.2 Å². The van der Waals surface area contributed by atoms with E-state index in [2.05, 4.69) is 10.3 Å². The summed E-state index contributed by atoms with van der Waals surface area (Å²) >= 11 is 0. The van der Waals surface area contributed by atoms with Gasteiger partial charge in [0.2, 0.25) is 0 Å². The zero-order chi connectivity index (χ0) is 14.3. The molecular formula is C14H17N3O2S. The van der Waals surface area contributed by atoms with Gasteiger partial charge in [-0.15, -0.1) is 0 Å². The summed E-state index contributed by atoms with van der Waals surface area (Å²) in [6.45, 7) is 3.64. The van der Waals surface area contributed by atoms with Crippen LogP contribution >= 0.6 is 0 Å². The first-order valence-corrected chi connectivity index (χ1v) is 8.45. The average Bonchev–Trinajstić information content (AvgIpc) is 3.05. The molecule has 1 aliphatic rings. The van der Waals surface area contributed by atoms with Crippen molar-refractivity contribution in [1.29, 1.82) is 0 Å². The van der Waals surface area contributed by atoms with Gasteiger partial charge in [-0.25, -0.2) is 8.42 Å². The first kappa shape index (κ1) is 13.2. The number of aromatic nitrogens is 1. The molecule has 0 bridgehead atoms. The Morgan fingerprint density at radius 3 is 2.75 bits per heavy atom. The quantitative estimate of drug-likeness (QED) is 0.934. The predicted molar refractivity (Wildman–Crippen MR) is 80.1 cm³/mol. The van der Waals surface area contributed by atoms with Crippen molar-refractivity contribution >= 4 is 26.6 Å². The number of nitrogens with one attached hydrogen (secondary N) is 1. The number of para-hydroxylation sites is 1. The molecule has 1 unspecified atom stereocenters. The van der Waals surface area contributed by atoms with E-state index in [0.717, 1.165) is 29.8 Å². The number of amidine groups is 1. The number of aliphatic imine (C=N–C) groups is 1. The molecule has 0 saturated carbocycles. The lowest BCUT2D eigenvalue weighted by molar-refractivity contribution is 0.601. The molecule has 1 N–H and O–H groups in total. The zero-order valence-electron chi connectivity index (χ0n) is 11.5. The Hall–Kier alpha value is -1.82. The third kappa shape index (κ3) is 2.10. The van der Waals surface area contributed by atoms with E-state index in [1.807, 2.05) is 35.8 Å². The molecule has 1 aromatic carbocycles. The summed E-state index contributed by atoms with van der Waals surface area (Å²) in [5.74, 6) is 0.908. The standard InChI is InChI=1S/C14H17N3O2S/c1-10(14-15-7-8-16-14)17-9-13(20(2,18)19)11-5-3-4-6-12(11)17/h3-6,9-10H,7-8H2,1-2H3,(H,15,16). The largest absolute Gasteiger partial charge is 0.370 e. The molecule has 1 atom stereocenters. The summed E-state index contributed by atoms with van der Waals surface area (Å²) < 4.78 is 25.9. The monoisotopic (exact) mass is 291 g/mol. The molecule has 1 aliphatic heterocycles. The topological polar surface area (TPSA) is 63.5 Å². The Labute approximate surface area is 118 Å². The number of sulfone groups is 1. The minimum Gasteiger partial charge on any atom is -0.370 e. The van der Waals surface area contributed by atoms with Gasteiger partial charge in [0.25, 0.3) is 0 Å². The molecular weight excluding hydrogens is 274 g/mol. The minimum atomic E-state index is -3.25. The lowest BCUT2D eigenvalue weighted by Crippen LogP contribution is -2.27. The highest BCUT2D eigenvalue weighted by Gasteiger charge is 2.22. The molecule has 5 nitrogen and oxygen atoms in total. The maximum absolute atomic E-state index is 11.9. The van der Waals surface area contributed by atoms with E-state index < -0.39 is 9.84 Å². The van der Waals surface area contributed by atoms with Gasteiger partial charge in [-0.1, -0.05) is 18.2 Å².